The van der Waals surface area contributed by atoms with Gasteiger partial charge in [0.05, 0.1) is 6.54 Å². The topological polar surface area (TPSA) is 44.4 Å². The molecule has 0 radical (unpaired) electrons. The molecule has 1 aromatic rings. The summed E-state index contributed by atoms with van der Waals surface area (Å²) in [6.45, 7) is 5.50. The van der Waals surface area contributed by atoms with Crippen molar-refractivity contribution in [2.45, 2.75) is 32.2 Å². The van der Waals surface area contributed by atoms with E-state index in [1.165, 1.54) is 19.3 Å². The van der Waals surface area contributed by atoms with Crippen LogP contribution in [-0.2, 0) is 4.79 Å². The molecule has 0 saturated carbocycles. The Balaban J connectivity index is 1.79. The lowest BCUT2D eigenvalue weighted by Crippen LogP contribution is -2.45. The number of piperidine rings is 1. The van der Waals surface area contributed by atoms with Gasteiger partial charge in [-0.15, -0.1) is 0 Å². The van der Waals surface area contributed by atoms with Crippen molar-refractivity contribution in [1.82, 2.24) is 10.2 Å². The summed E-state index contributed by atoms with van der Waals surface area (Å²) in [6, 6.07) is 8.19. The molecule has 116 valence electrons. The molecule has 0 bridgehead atoms. The number of carbonyl (C=O) groups excluding carboxylic acids is 1. The van der Waals surface area contributed by atoms with Crippen molar-refractivity contribution in [2.75, 3.05) is 31.5 Å². The Bertz CT molecular complexity index is 443. The highest BCUT2D eigenvalue weighted by atomic mass is 79.9. The van der Waals surface area contributed by atoms with E-state index in [1.54, 1.807) is 0 Å². The predicted molar refractivity (Wildman–Crippen MR) is 90.5 cm³/mol. The maximum absolute atomic E-state index is 12.1. The van der Waals surface area contributed by atoms with Gasteiger partial charge in [-0.3, -0.25) is 9.69 Å². The first-order valence-corrected chi connectivity index (χ1v) is 8.48. The molecule has 21 heavy (non-hydrogen) atoms. The van der Waals surface area contributed by atoms with Gasteiger partial charge in [0.2, 0.25) is 5.91 Å². The molecule has 1 saturated heterocycles. The van der Waals surface area contributed by atoms with Gasteiger partial charge >= 0.3 is 0 Å². The molecule has 2 rings (SSSR count). The van der Waals surface area contributed by atoms with E-state index in [0.717, 1.165) is 29.8 Å². The van der Waals surface area contributed by atoms with Crippen molar-refractivity contribution in [3.63, 3.8) is 0 Å². The summed E-state index contributed by atoms with van der Waals surface area (Å²) in [5.74, 6) is 0.0509. The summed E-state index contributed by atoms with van der Waals surface area (Å²) >= 11 is 3.39. The van der Waals surface area contributed by atoms with Crippen LogP contribution in [0, 0.1) is 0 Å². The number of nitrogens with zero attached hydrogens (tertiary/aromatic N) is 1. The van der Waals surface area contributed by atoms with Gasteiger partial charge in [0.25, 0.3) is 0 Å². The first-order valence-electron chi connectivity index (χ1n) is 7.68. The van der Waals surface area contributed by atoms with Gasteiger partial charge < -0.3 is 10.6 Å². The molecule has 2 N–H and O–H groups in total. The molecular weight excluding hydrogens is 330 g/mol. The Morgan fingerprint density at radius 2 is 2.14 bits per heavy atom. The fourth-order valence-corrected chi connectivity index (χ4v) is 2.90. The van der Waals surface area contributed by atoms with Gasteiger partial charge in [-0.25, -0.2) is 0 Å². The van der Waals surface area contributed by atoms with Crippen LogP contribution in [0.1, 0.15) is 26.2 Å². The Labute approximate surface area is 135 Å². The minimum absolute atomic E-state index is 0.0509. The molecule has 1 amide bonds. The summed E-state index contributed by atoms with van der Waals surface area (Å²) in [4.78, 5) is 14.3. The lowest BCUT2D eigenvalue weighted by atomic mass is 10.0. The Morgan fingerprint density at radius 1 is 1.38 bits per heavy atom. The van der Waals surface area contributed by atoms with Crippen LogP contribution in [0.2, 0.25) is 0 Å². The molecule has 1 unspecified atom stereocenters. The molecule has 5 heteroatoms. The van der Waals surface area contributed by atoms with Crippen LogP contribution in [0.5, 0.6) is 0 Å². The number of anilines is 1. The molecule has 4 nitrogen and oxygen atoms in total. The number of likely N-dealkylation sites (N-methyl/N-ethyl adjacent to an activating group) is 1. The third-order valence-corrected chi connectivity index (χ3v) is 4.36. The van der Waals surface area contributed by atoms with E-state index in [1.807, 2.05) is 24.3 Å². The van der Waals surface area contributed by atoms with E-state index >= 15 is 0 Å². The SMILES string of the molecule is CCN(CC(=O)Nc1ccc(Br)cc1)CC1CCCCN1. The van der Waals surface area contributed by atoms with Crippen molar-refractivity contribution < 1.29 is 4.79 Å². The zero-order valence-corrected chi connectivity index (χ0v) is 14.2. The summed E-state index contributed by atoms with van der Waals surface area (Å²) in [5.41, 5.74) is 0.843. The second-order valence-electron chi connectivity index (χ2n) is 5.53. The van der Waals surface area contributed by atoms with Gasteiger partial charge in [0.1, 0.15) is 0 Å². The van der Waals surface area contributed by atoms with E-state index in [-0.39, 0.29) is 5.91 Å². The van der Waals surface area contributed by atoms with Gasteiger partial charge in [0, 0.05) is 22.7 Å². The molecule has 1 aromatic carbocycles. The van der Waals surface area contributed by atoms with Crippen molar-refractivity contribution in [2.24, 2.45) is 0 Å². The minimum atomic E-state index is 0.0509. The third-order valence-electron chi connectivity index (χ3n) is 3.83. The average molecular weight is 354 g/mol. The number of rotatable bonds is 6. The maximum atomic E-state index is 12.1. The van der Waals surface area contributed by atoms with Crippen LogP contribution in [-0.4, -0.2) is 43.0 Å². The van der Waals surface area contributed by atoms with Gasteiger partial charge in [-0.2, -0.15) is 0 Å². The Hall–Kier alpha value is -0.910. The highest BCUT2D eigenvalue weighted by Crippen LogP contribution is 2.14. The van der Waals surface area contributed by atoms with E-state index in [0.29, 0.717) is 12.6 Å². The fraction of sp³-hybridized carbons (Fsp3) is 0.562. The number of hydrogen-bond donors (Lipinski definition) is 2. The first kappa shape index (κ1) is 16.5. The molecule has 0 aliphatic carbocycles. The molecule has 1 heterocycles. The average Bonchev–Trinajstić information content (AvgIpc) is 2.50. The van der Waals surface area contributed by atoms with E-state index in [2.05, 4.69) is 38.4 Å². The Kier molecular flexibility index (Phi) is 6.67. The van der Waals surface area contributed by atoms with Gasteiger partial charge in [0.15, 0.2) is 0 Å². The quantitative estimate of drug-likeness (QED) is 0.826. The summed E-state index contributed by atoms with van der Waals surface area (Å²) in [5, 5.41) is 6.48. The van der Waals surface area contributed by atoms with Crippen LogP contribution in [0.25, 0.3) is 0 Å². The lowest BCUT2D eigenvalue weighted by Gasteiger charge is -2.29. The van der Waals surface area contributed by atoms with Crippen LogP contribution in [0.4, 0.5) is 5.69 Å². The smallest absolute Gasteiger partial charge is 0.238 e. The lowest BCUT2D eigenvalue weighted by molar-refractivity contribution is -0.117. The molecule has 0 spiro atoms. The maximum Gasteiger partial charge on any atom is 0.238 e. The summed E-state index contributed by atoms with van der Waals surface area (Å²) in [6.07, 6.45) is 3.78. The number of halogens is 1. The number of nitrogens with one attached hydrogen (secondary N) is 2. The summed E-state index contributed by atoms with van der Waals surface area (Å²) in [7, 11) is 0. The van der Waals surface area contributed by atoms with E-state index < -0.39 is 0 Å². The normalized spacial score (nSPS) is 18.7. The van der Waals surface area contributed by atoms with Crippen molar-refractivity contribution in [3.8, 4) is 0 Å². The second kappa shape index (κ2) is 8.51. The molecule has 1 fully saturated rings. The number of amides is 1. The molecule has 1 aliphatic rings. The molecule has 1 atom stereocenters. The summed E-state index contributed by atoms with van der Waals surface area (Å²) < 4.78 is 1.01. The van der Waals surface area contributed by atoms with Crippen LogP contribution in [0.3, 0.4) is 0 Å². The number of benzene rings is 1. The van der Waals surface area contributed by atoms with Gasteiger partial charge in [-0.1, -0.05) is 29.3 Å². The number of hydrogen-bond acceptors (Lipinski definition) is 3. The Morgan fingerprint density at radius 3 is 2.76 bits per heavy atom. The zero-order chi connectivity index (χ0) is 15.1. The highest BCUT2D eigenvalue weighted by molar-refractivity contribution is 9.10. The zero-order valence-electron chi connectivity index (χ0n) is 12.6. The van der Waals surface area contributed by atoms with E-state index in [4.69, 9.17) is 0 Å². The fourth-order valence-electron chi connectivity index (χ4n) is 2.63. The molecule has 1 aliphatic heterocycles. The largest absolute Gasteiger partial charge is 0.325 e. The van der Waals surface area contributed by atoms with Crippen LogP contribution in [0.15, 0.2) is 28.7 Å². The van der Waals surface area contributed by atoms with Crippen molar-refractivity contribution >= 4 is 27.5 Å². The predicted octanol–water partition coefficient (Wildman–Crippen LogP) is 2.85. The third kappa shape index (κ3) is 5.77. The minimum Gasteiger partial charge on any atom is -0.325 e. The van der Waals surface area contributed by atoms with Crippen LogP contribution < -0.4 is 10.6 Å². The highest BCUT2D eigenvalue weighted by Gasteiger charge is 2.17. The van der Waals surface area contributed by atoms with Crippen molar-refractivity contribution in [1.29, 1.82) is 0 Å². The first-order chi connectivity index (χ1) is 10.2. The van der Waals surface area contributed by atoms with Crippen LogP contribution >= 0.6 is 15.9 Å². The second-order valence-corrected chi connectivity index (χ2v) is 6.45. The van der Waals surface area contributed by atoms with E-state index in [9.17, 15) is 4.79 Å². The standard InChI is InChI=1S/C16H24BrN3O/c1-2-20(11-15-5-3-4-10-18-15)12-16(21)19-14-8-6-13(17)7-9-14/h6-9,15,18H,2-5,10-12H2,1H3,(H,19,21). The van der Waals surface area contributed by atoms with Gasteiger partial charge in [-0.05, 0) is 50.2 Å². The van der Waals surface area contributed by atoms with Crippen molar-refractivity contribution in [3.05, 3.63) is 28.7 Å². The monoisotopic (exact) mass is 353 g/mol. The molecule has 0 aromatic heterocycles. The number of carbonyl (C=O) groups is 1. The molecular formula is C16H24BrN3O.